The zero-order chi connectivity index (χ0) is 15.4. The van der Waals surface area contributed by atoms with Crippen molar-refractivity contribution < 1.29 is 4.79 Å². The number of aromatic nitrogens is 1. The van der Waals surface area contributed by atoms with Gasteiger partial charge >= 0.3 is 0 Å². The molecule has 0 radical (unpaired) electrons. The lowest BCUT2D eigenvalue weighted by Crippen LogP contribution is -2.55. The minimum absolute atomic E-state index is 0.0357. The van der Waals surface area contributed by atoms with Crippen LogP contribution in [0.3, 0.4) is 0 Å². The van der Waals surface area contributed by atoms with Crippen LogP contribution in [0.4, 0.5) is 5.82 Å². The molecule has 2 fully saturated rings. The van der Waals surface area contributed by atoms with Crippen molar-refractivity contribution in [2.24, 2.45) is 0 Å². The molecule has 3 rings (SSSR count). The highest BCUT2D eigenvalue weighted by Gasteiger charge is 2.27. The minimum Gasteiger partial charge on any atom is -0.354 e. The fourth-order valence-corrected chi connectivity index (χ4v) is 3.44. The Morgan fingerprint density at radius 3 is 2.59 bits per heavy atom. The monoisotopic (exact) mass is 302 g/mol. The van der Waals surface area contributed by atoms with Gasteiger partial charge in [-0.25, -0.2) is 4.98 Å². The van der Waals surface area contributed by atoms with Gasteiger partial charge in [0.15, 0.2) is 0 Å². The molecule has 1 aliphatic heterocycles. The predicted molar refractivity (Wildman–Crippen MR) is 87.9 cm³/mol. The lowest BCUT2D eigenvalue weighted by Gasteiger charge is -2.38. The average Bonchev–Trinajstić information content (AvgIpc) is 3.08. The Kier molecular flexibility index (Phi) is 4.93. The van der Waals surface area contributed by atoms with Crippen LogP contribution >= 0.6 is 0 Å². The SMILES string of the molecule is CC(C(=O)NC1CCCC1)N1CCN(c2ccccn2)CC1. The molecule has 2 aliphatic rings. The predicted octanol–water partition coefficient (Wildman–Crippen LogP) is 1.65. The lowest BCUT2D eigenvalue weighted by molar-refractivity contribution is -0.126. The van der Waals surface area contributed by atoms with Crippen molar-refractivity contribution in [3.63, 3.8) is 0 Å². The average molecular weight is 302 g/mol. The number of hydrogen-bond acceptors (Lipinski definition) is 4. The van der Waals surface area contributed by atoms with Gasteiger partial charge in [0, 0.05) is 38.4 Å². The molecule has 1 saturated carbocycles. The molecule has 0 spiro atoms. The summed E-state index contributed by atoms with van der Waals surface area (Å²) in [4.78, 5) is 21.3. The van der Waals surface area contributed by atoms with Gasteiger partial charge in [0.05, 0.1) is 6.04 Å². The summed E-state index contributed by atoms with van der Waals surface area (Å²) in [7, 11) is 0. The van der Waals surface area contributed by atoms with Gasteiger partial charge in [-0.2, -0.15) is 0 Å². The Bertz CT molecular complexity index is 479. The molecule has 2 heterocycles. The first-order chi connectivity index (χ1) is 10.7. The standard InChI is InChI=1S/C17H26N4O/c1-14(17(22)19-15-6-2-3-7-15)20-10-12-21(13-11-20)16-8-4-5-9-18-16/h4-5,8-9,14-15H,2-3,6-7,10-13H2,1H3,(H,19,22). The number of rotatable bonds is 4. The molecule has 1 saturated heterocycles. The van der Waals surface area contributed by atoms with Crippen molar-refractivity contribution in [2.75, 3.05) is 31.1 Å². The van der Waals surface area contributed by atoms with Crippen LogP contribution in [0.25, 0.3) is 0 Å². The van der Waals surface area contributed by atoms with E-state index in [4.69, 9.17) is 0 Å². The highest BCUT2D eigenvalue weighted by Crippen LogP contribution is 2.18. The van der Waals surface area contributed by atoms with Gasteiger partial charge < -0.3 is 10.2 Å². The van der Waals surface area contributed by atoms with Crippen LogP contribution in [0.5, 0.6) is 0 Å². The molecule has 1 aromatic rings. The number of pyridine rings is 1. The fourth-order valence-electron chi connectivity index (χ4n) is 3.44. The van der Waals surface area contributed by atoms with E-state index in [1.165, 1.54) is 12.8 Å². The first-order valence-corrected chi connectivity index (χ1v) is 8.44. The van der Waals surface area contributed by atoms with E-state index in [2.05, 4.69) is 20.1 Å². The molecule has 1 N–H and O–H groups in total. The molecule has 0 aromatic carbocycles. The Hall–Kier alpha value is -1.62. The highest BCUT2D eigenvalue weighted by atomic mass is 16.2. The van der Waals surface area contributed by atoms with E-state index in [-0.39, 0.29) is 11.9 Å². The van der Waals surface area contributed by atoms with Gasteiger partial charge in [-0.3, -0.25) is 9.69 Å². The molecule has 1 unspecified atom stereocenters. The Labute approximate surface area is 132 Å². The van der Waals surface area contributed by atoms with Gasteiger partial charge in [-0.15, -0.1) is 0 Å². The van der Waals surface area contributed by atoms with Crippen LogP contribution in [-0.2, 0) is 4.79 Å². The van der Waals surface area contributed by atoms with E-state index in [1.54, 1.807) is 0 Å². The first kappa shape index (κ1) is 15.3. The van der Waals surface area contributed by atoms with Crippen molar-refractivity contribution >= 4 is 11.7 Å². The largest absolute Gasteiger partial charge is 0.354 e. The summed E-state index contributed by atoms with van der Waals surface area (Å²) in [5.74, 6) is 1.23. The third kappa shape index (κ3) is 3.58. The van der Waals surface area contributed by atoms with Crippen LogP contribution in [-0.4, -0.2) is 54.1 Å². The minimum atomic E-state index is -0.0357. The first-order valence-electron chi connectivity index (χ1n) is 8.44. The van der Waals surface area contributed by atoms with Crippen LogP contribution in [0.15, 0.2) is 24.4 Å². The number of amides is 1. The molecule has 1 atom stereocenters. The van der Waals surface area contributed by atoms with E-state index < -0.39 is 0 Å². The maximum Gasteiger partial charge on any atom is 0.237 e. The third-order valence-corrected chi connectivity index (χ3v) is 4.92. The second-order valence-electron chi connectivity index (χ2n) is 6.38. The van der Waals surface area contributed by atoms with Crippen molar-refractivity contribution in [2.45, 2.75) is 44.7 Å². The van der Waals surface area contributed by atoms with Crippen molar-refractivity contribution in [3.8, 4) is 0 Å². The summed E-state index contributed by atoms with van der Waals surface area (Å²) >= 11 is 0. The molecule has 5 nitrogen and oxygen atoms in total. The zero-order valence-electron chi connectivity index (χ0n) is 13.4. The maximum atomic E-state index is 12.4. The third-order valence-electron chi connectivity index (χ3n) is 4.92. The number of carbonyl (C=O) groups excluding carboxylic acids is 1. The number of hydrogen-bond donors (Lipinski definition) is 1. The summed E-state index contributed by atoms with van der Waals surface area (Å²) in [5, 5.41) is 3.21. The number of nitrogens with zero attached hydrogens (tertiary/aromatic N) is 3. The smallest absolute Gasteiger partial charge is 0.237 e. The fraction of sp³-hybridized carbons (Fsp3) is 0.647. The highest BCUT2D eigenvalue weighted by molar-refractivity contribution is 5.81. The molecule has 1 aliphatic carbocycles. The van der Waals surface area contributed by atoms with E-state index in [0.717, 1.165) is 44.8 Å². The molecular weight excluding hydrogens is 276 g/mol. The van der Waals surface area contributed by atoms with Crippen LogP contribution in [0, 0.1) is 0 Å². The molecule has 120 valence electrons. The van der Waals surface area contributed by atoms with Crippen molar-refractivity contribution in [1.29, 1.82) is 0 Å². The molecule has 1 amide bonds. The zero-order valence-corrected chi connectivity index (χ0v) is 13.4. The van der Waals surface area contributed by atoms with Crippen LogP contribution in [0.2, 0.25) is 0 Å². The second-order valence-corrected chi connectivity index (χ2v) is 6.38. The number of nitrogens with one attached hydrogen (secondary N) is 1. The molecule has 0 bridgehead atoms. The summed E-state index contributed by atoms with van der Waals surface area (Å²) in [6, 6.07) is 6.38. The molecule has 1 aromatic heterocycles. The summed E-state index contributed by atoms with van der Waals surface area (Å²) in [6.07, 6.45) is 6.63. The Morgan fingerprint density at radius 2 is 1.95 bits per heavy atom. The van der Waals surface area contributed by atoms with Gasteiger partial charge in [-0.05, 0) is 31.9 Å². The lowest BCUT2D eigenvalue weighted by atomic mass is 10.2. The van der Waals surface area contributed by atoms with Crippen LogP contribution in [0.1, 0.15) is 32.6 Å². The van der Waals surface area contributed by atoms with Gasteiger partial charge in [0.1, 0.15) is 5.82 Å². The van der Waals surface area contributed by atoms with E-state index >= 15 is 0 Å². The number of anilines is 1. The Balaban J connectivity index is 1.49. The molecule has 22 heavy (non-hydrogen) atoms. The number of piperazine rings is 1. The van der Waals surface area contributed by atoms with E-state index in [1.807, 2.05) is 31.3 Å². The molecule has 5 heteroatoms. The van der Waals surface area contributed by atoms with E-state index in [9.17, 15) is 4.79 Å². The van der Waals surface area contributed by atoms with Gasteiger partial charge in [0.2, 0.25) is 5.91 Å². The van der Waals surface area contributed by atoms with Crippen molar-refractivity contribution in [1.82, 2.24) is 15.2 Å². The van der Waals surface area contributed by atoms with Gasteiger partial charge in [-0.1, -0.05) is 18.9 Å². The van der Waals surface area contributed by atoms with E-state index in [0.29, 0.717) is 6.04 Å². The maximum absolute atomic E-state index is 12.4. The quantitative estimate of drug-likeness (QED) is 0.919. The summed E-state index contributed by atoms with van der Waals surface area (Å²) in [6.45, 7) is 5.71. The Morgan fingerprint density at radius 1 is 1.23 bits per heavy atom. The number of carbonyl (C=O) groups is 1. The second kappa shape index (κ2) is 7.09. The topological polar surface area (TPSA) is 48.5 Å². The summed E-state index contributed by atoms with van der Waals surface area (Å²) in [5.41, 5.74) is 0. The van der Waals surface area contributed by atoms with Crippen molar-refractivity contribution in [3.05, 3.63) is 24.4 Å². The van der Waals surface area contributed by atoms with Gasteiger partial charge in [0.25, 0.3) is 0 Å². The summed E-state index contributed by atoms with van der Waals surface area (Å²) < 4.78 is 0. The van der Waals surface area contributed by atoms with Crippen LogP contribution < -0.4 is 10.2 Å². The molecular formula is C17H26N4O. The normalized spacial score (nSPS) is 21.8.